The number of benzene rings is 1. The number of amides is 1. The van der Waals surface area contributed by atoms with Crippen molar-refractivity contribution in [1.29, 1.82) is 0 Å². The number of hydrogen-bond acceptors (Lipinski definition) is 4. The minimum Gasteiger partial charge on any atom is -0.337 e. The summed E-state index contributed by atoms with van der Waals surface area (Å²) in [5.41, 5.74) is 0.511. The number of rotatable bonds is 3. The molecule has 2 fully saturated rings. The standard InChI is InChI=1S/C16H23N3O3S/c17-23(21,22)15-6-4-13(5-7-15)16(20)19-11-8-14(12-19)18-9-2-1-3-10-18/h4-7,14H,1-3,8-12H2,(H2,17,21,22). The Morgan fingerprint density at radius 3 is 2.30 bits per heavy atom. The van der Waals surface area contributed by atoms with Gasteiger partial charge in [0.05, 0.1) is 4.90 Å². The van der Waals surface area contributed by atoms with Gasteiger partial charge in [0.15, 0.2) is 0 Å². The van der Waals surface area contributed by atoms with E-state index >= 15 is 0 Å². The van der Waals surface area contributed by atoms with Crippen LogP contribution in [0.15, 0.2) is 29.2 Å². The summed E-state index contributed by atoms with van der Waals surface area (Å²) in [5, 5.41) is 5.08. The number of nitrogens with two attached hydrogens (primary N) is 1. The second-order valence-electron chi connectivity index (χ2n) is 6.36. The Bertz CT molecular complexity index is 666. The average Bonchev–Trinajstić information content (AvgIpc) is 3.04. The van der Waals surface area contributed by atoms with Gasteiger partial charge in [0.1, 0.15) is 0 Å². The third-order valence-electron chi connectivity index (χ3n) is 4.79. The van der Waals surface area contributed by atoms with E-state index in [4.69, 9.17) is 5.14 Å². The maximum Gasteiger partial charge on any atom is 0.253 e. The molecule has 2 N–H and O–H groups in total. The summed E-state index contributed by atoms with van der Waals surface area (Å²) in [6.07, 6.45) is 4.82. The number of primary sulfonamides is 1. The largest absolute Gasteiger partial charge is 0.337 e. The van der Waals surface area contributed by atoms with Crippen molar-refractivity contribution in [3.63, 3.8) is 0 Å². The van der Waals surface area contributed by atoms with Crippen LogP contribution in [0.3, 0.4) is 0 Å². The van der Waals surface area contributed by atoms with Gasteiger partial charge in [-0.25, -0.2) is 13.6 Å². The van der Waals surface area contributed by atoms with Crippen molar-refractivity contribution >= 4 is 15.9 Å². The Labute approximate surface area is 137 Å². The number of carbonyl (C=O) groups is 1. The third-order valence-corrected chi connectivity index (χ3v) is 5.72. The molecule has 7 heteroatoms. The second-order valence-corrected chi connectivity index (χ2v) is 7.92. The molecule has 2 heterocycles. The highest BCUT2D eigenvalue weighted by Gasteiger charge is 2.31. The number of sulfonamides is 1. The summed E-state index contributed by atoms with van der Waals surface area (Å²) in [4.78, 5) is 17.0. The van der Waals surface area contributed by atoms with Gasteiger partial charge in [-0.3, -0.25) is 9.69 Å². The molecule has 126 valence electrons. The fraction of sp³-hybridized carbons (Fsp3) is 0.562. The van der Waals surface area contributed by atoms with Crippen LogP contribution >= 0.6 is 0 Å². The summed E-state index contributed by atoms with van der Waals surface area (Å²) in [6, 6.07) is 6.32. The predicted octanol–water partition coefficient (Wildman–Crippen LogP) is 1.03. The smallest absolute Gasteiger partial charge is 0.253 e. The minimum atomic E-state index is -3.72. The molecule has 0 bridgehead atoms. The van der Waals surface area contributed by atoms with Gasteiger partial charge < -0.3 is 4.90 Å². The van der Waals surface area contributed by atoms with E-state index in [0.29, 0.717) is 11.6 Å². The zero-order chi connectivity index (χ0) is 16.4. The maximum atomic E-state index is 12.6. The topological polar surface area (TPSA) is 83.7 Å². The van der Waals surface area contributed by atoms with Crippen LogP contribution in [0.5, 0.6) is 0 Å². The van der Waals surface area contributed by atoms with E-state index in [9.17, 15) is 13.2 Å². The first kappa shape index (κ1) is 16.4. The number of carbonyl (C=O) groups excluding carboxylic acids is 1. The lowest BCUT2D eigenvalue weighted by Crippen LogP contribution is -2.41. The van der Waals surface area contributed by atoms with Crippen molar-refractivity contribution in [2.75, 3.05) is 26.2 Å². The van der Waals surface area contributed by atoms with Crippen LogP contribution in [0.4, 0.5) is 0 Å². The van der Waals surface area contributed by atoms with E-state index in [-0.39, 0.29) is 10.8 Å². The van der Waals surface area contributed by atoms with Crippen LogP contribution < -0.4 is 5.14 Å². The second kappa shape index (κ2) is 6.59. The third kappa shape index (κ3) is 3.73. The molecule has 1 unspecified atom stereocenters. The Morgan fingerprint density at radius 1 is 1.04 bits per heavy atom. The van der Waals surface area contributed by atoms with Crippen LogP contribution in [0, 0.1) is 0 Å². The summed E-state index contributed by atoms with van der Waals surface area (Å²) in [6.45, 7) is 3.79. The van der Waals surface area contributed by atoms with Crippen LogP contribution in [-0.2, 0) is 10.0 Å². The molecule has 0 aromatic heterocycles. The zero-order valence-corrected chi connectivity index (χ0v) is 14.0. The van der Waals surface area contributed by atoms with Crippen molar-refractivity contribution in [1.82, 2.24) is 9.80 Å². The highest BCUT2D eigenvalue weighted by Crippen LogP contribution is 2.22. The molecular formula is C16H23N3O3S. The van der Waals surface area contributed by atoms with Crippen LogP contribution in [-0.4, -0.2) is 56.3 Å². The first-order chi connectivity index (χ1) is 10.9. The van der Waals surface area contributed by atoms with Crippen molar-refractivity contribution in [2.45, 2.75) is 36.6 Å². The zero-order valence-electron chi connectivity index (χ0n) is 13.1. The lowest BCUT2D eigenvalue weighted by Gasteiger charge is -2.32. The fourth-order valence-corrected chi connectivity index (χ4v) is 3.99. The molecule has 0 spiro atoms. The summed E-state index contributed by atoms with van der Waals surface area (Å²) >= 11 is 0. The van der Waals surface area contributed by atoms with Crippen molar-refractivity contribution < 1.29 is 13.2 Å². The molecular weight excluding hydrogens is 314 g/mol. The van der Waals surface area contributed by atoms with Gasteiger partial charge in [0, 0.05) is 24.7 Å². The van der Waals surface area contributed by atoms with Crippen LogP contribution in [0.2, 0.25) is 0 Å². The van der Waals surface area contributed by atoms with Gasteiger partial charge in [-0.1, -0.05) is 6.42 Å². The van der Waals surface area contributed by atoms with Crippen LogP contribution in [0.25, 0.3) is 0 Å². The molecule has 2 saturated heterocycles. The number of hydrogen-bond donors (Lipinski definition) is 1. The van der Waals surface area contributed by atoms with Gasteiger partial charge in [-0.15, -0.1) is 0 Å². The van der Waals surface area contributed by atoms with Crippen molar-refractivity contribution in [3.05, 3.63) is 29.8 Å². The summed E-state index contributed by atoms with van der Waals surface area (Å²) < 4.78 is 22.5. The summed E-state index contributed by atoms with van der Waals surface area (Å²) in [5.74, 6) is -0.0366. The summed E-state index contributed by atoms with van der Waals surface area (Å²) in [7, 11) is -3.72. The average molecular weight is 337 g/mol. The SMILES string of the molecule is NS(=O)(=O)c1ccc(C(=O)N2CCC(N3CCCCC3)C2)cc1. The monoisotopic (exact) mass is 337 g/mol. The molecule has 2 aliphatic rings. The number of likely N-dealkylation sites (tertiary alicyclic amines) is 2. The molecule has 1 aromatic rings. The highest BCUT2D eigenvalue weighted by atomic mass is 32.2. The maximum absolute atomic E-state index is 12.6. The molecule has 1 amide bonds. The normalized spacial score (nSPS) is 23.2. The van der Waals surface area contributed by atoms with E-state index in [1.165, 1.54) is 43.5 Å². The molecule has 0 radical (unpaired) electrons. The fourth-order valence-electron chi connectivity index (χ4n) is 3.48. The predicted molar refractivity (Wildman–Crippen MR) is 87.5 cm³/mol. The Hall–Kier alpha value is -1.44. The van der Waals surface area contributed by atoms with E-state index in [2.05, 4.69) is 4.90 Å². The minimum absolute atomic E-state index is 0.0293. The van der Waals surface area contributed by atoms with E-state index < -0.39 is 10.0 Å². The van der Waals surface area contributed by atoms with Crippen molar-refractivity contribution in [3.8, 4) is 0 Å². The van der Waals surface area contributed by atoms with E-state index in [1.54, 1.807) is 0 Å². The molecule has 23 heavy (non-hydrogen) atoms. The van der Waals surface area contributed by atoms with E-state index in [0.717, 1.165) is 32.6 Å². The number of nitrogens with zero attached hydrogens (tertiary/aromatic N) is 2. The highest BCUT2D eigenvalue weighted by molar-refractivity contribution is 7.89. The quantitative estimate of drug-likeness (QED) is 0.893. The lowest BCUT2D eigenvalue weighted by atomic mass is 10.1. The Kier molecular flexibility index (Phi) is 4.70. The molecule has 3 rings (SSSR count). The Balaban J connectivity index is 1.64. The number of piperidine rings is 1. The van der Waals surface area contributed by atoms with Gasteiger partial charge in [0.25, 0.3) is 5.91 Å². The van der Waals surface area contributed by atoms with Gasteiger partial charge >= 0.3 is 0 Å². The molecule has 0 saturated carbocycles. The molecule has 0 aliphatic carbocycles. The molecule has 1 atom stereocenters. The first-order valence-corrected chi connectivity index (χ1v) is 9.66. The van der Waals surface area contributed by atoms with Gasteiger partial charge in [0.2, 0.25) is 10.0 Å². The Morgan fingerprint density at radius 2 is 1.70 bits per heavy atom. The first-order valence-electron chi connectivity index (χ1n) is 8.11. The lowest BCUT2D eigenvalue weighted by molar-refractivity contribution is 0.0771. The molecule has 1 aromatic carbocycles. The molecule has 6 nitrogen and oxygen atoms in total. The van der Waals surface area contributed by atoms with Gasteiger partial charge in [-0.05, 0) is 56.6 Å². The molecule has 2 aliphatic heterocycles. The van der Waals surface area contributed by atoms with Crippen molar-refractivity contribution in [2.24, 2.45) is 5.14 Å². The van der Waals surface area contributed by atoms with Gasteiger partial charge in [-0.2, -0.15) is 0 Å². The van der Waals surface area contributed by atoms with E-state index in [1.807, 2.05) is 4.90 Å². The van der Waals surface area contributed by atoms with Crippen LogP contribution in [0.1, 0.15) is 36.0 Å².